The molecular weight excluding hydrogens is 346 g/mol. The van der Waals surface area contributed by atoms with Gasteiger partial charge in [-0.2, -0.15) is 0 Å². The van der Waals surface area contributed by atoms with E-state index in [0.29, 0.717) is 12.2 Å². The van der Waals surface area contributed by atoms with Crippen LogP contribution in [0.25, 0.3) is 0 Å². The van der Waals surface area contributed by atoms with Crippen molar-refractivity contribution in [2.45, 2.75) is 66.2 Å². The Hall–Kier alpha value is -2.42. The van der Waals surface area contributed by atoms with Gasteiger partial charge >= 0.3 is 5.97 Å². The molecule has 2 aliphatic rings. The van der Waals surface area contributed by atoms with Crippen LogP contribution < -0.4 is 0 Å². The van der Waals surface area contributed by atoms with Crippen LogP contribution in [0, 0.1) is 12.3 Å². The molecule has 1 unspecified atom stereocenters. The van der Waals surface area contributed by atoms with Crippen molar-refractivity contribution in [3.8, 4) is 0 Å². The largest absolute Gasteiger partial charge is 0.462 e. The molecular formula is C25H33NO2. The quantitative estimate of drug-likeness (QED) is 0.472. The number of carbonyl (C=O) groups is 1. The monoisotopic (exact) mass is 379 g/mol. The molecule has 0 saturated carbocycles. The maximum atomic E-state index is 12.6. The number of hydrogen-bond acceptors (Lipinski definition) is 3. The van der Waals surface area contributed by atoms with Gasteiger partial charge in [0.05, 0.1) is 12.2 Å². The van der Waals surface area contributed by atoms with Gasteiger partial charge in [0.15, 0.2) is 0 Å². The maximum absolute atomic E-state index is 12.6. The van der Waals surface area contributed by atoms with Crippen LogP contribution in [0.5, 0.6) is 0 Å². The zero-order valence-electron chi connectivity index (χ0n) is 17.9. The van der Waals surface area contributed by atoms with Gasteiger partial charge in [-0.15, -0.1) is 0 Å². The smallest absolute Gasteiger partial charge is 0.338 e. The van der Waals surface area contributed by atoms with Gasteiger partial charge in [-0.1, -0.05) is 62.2 Å². The molecule has 0 aromatic heterocycles. The van der Waals surface area contributed by atoms with Crippen LogP contribution in [-0.2, 0) is 9.53 Å². The Morgan fingerprint density at radius 3 is 2.46 bits per heavy atom. The van der Waals surface area contributed by atoms with Crippen molar-refractivity contribution in [3.63, 3.8) is 0 Å². The molecule has 1 aromatic rings. The molecule has 3 heteroatoms. The molecule has 28 heavy (non-hydrogen) atoms. The SMILES string of the molecule is CC.CCCOC(=O)C1=CCC(c2ccc(C)cc2)C2=C1CCC(C)=C2C=N. The fraction of sp³-hybridized carbons (Fsp3) is 0.440. The van der Waals surface area contributed by atoms with Crippen LogP contribution in [0.3, 0.4) is 0 Å². The van der Waals surface area contributed by atoms with E-state index in [0.717, 1.165) is 42.4 Å². The first kappa shape index (κ1) is 21.9. The Morgan fingerprint density at radius 1 is 1.18 bits per heavy atom. The molecule has 1 aromatic carbocycles. The molecule has 1 N–H and O–H groups in total. The number of aryl methyl sites for hydroxylation is 1. The first-order chi connectivity index (χ1) is 13.6. The third-order valence-electron chi connectivity index (χ3n) is 5.34. The van der Waals surface area contributed by atoms with Crippen molar-refractivity contribution < 1.29 is 9.53 Å². The number of ether oxygens (including phenoxy) is 1. The first-order valence-electron chi connectivity index (χ1n) is 10.4. The molecule has 3 rings (SSSR count). The van der Waals surface area contributed by atoms with E-state index >= 15 is 0 Å². The highest BCUT2D eigenvalue weighted by atomic mass is 16.5. The van der Waals surface area contributed by atoms with E-state index < -0.39 is 0 Å². The summed E-state index contributed by atoms with van der Waals surface area (Å²) in [5.41, 5.74) is 7.65. The standard InChI is InChI=1S/C23H27NO2.C2H6/c1-4-13-26-23(25)20-12-11-18(17-8-5-15(2)6-9-17)22-19(20)10-7-16(3)21(22)14-24;1-2/h5-6,8-9,12,14,18,24H,4,7,10-11,13H2,1-3H3;1-2H3. The molecule has 0 amide bonds. The van der Waals surface area contributed by atoms with Crippen LogP contribution in [0.1, 0.15) is 70.4 Å². The predicted molar refractivity (Wildman–Crippen MR) is 117 cm³/mol. The molecule has 1 atom stereocenters. The number of esters is 1. The van der Waals surface area contributed by atoms with Crippen molar-refractivity contribution in [1.82, 2.24) is 0 Å². The van der Waals surface area contributed by atoms with Crippen LogP contribution in [0.2, 0.25) is 0 Å². The van der Waals surface area contributed by atoms with Gasteiger partial charge in [-0.3, -0.25) is 0 Å². The third kappa shape index (κ3) is 4.52. The molecule has 0 saturated heterocycles. The molecule has 0 spiro atoms. The molecule has 2 aliphatic carbocycles. The van der Waals surface area contributed by atoms with E-state index in [2.05, 4.69) is 38.1 Å². The van der Waals surface area contributed by atoms with Gasteiger partial charge in [0, 0.05) is 12.1 Å². The van der Waals surface area contributed by atoms with Crippen LogP contribution in [0.15, 0.2) is 58.2 Å². The van der Waals surface area contributed by atoms with Gasteiger partial charge in [0.25, 0.3) is 0 Å². The zero-order valence-corrected chi connectivity index (χ0v) is 17.9. The van der Waals surface area contributed by atoms with E-state index in [9.17, 15) is 4.79 Å². The summed E-state index contributed by atoms with van der Waals surface area (Å²) in [5.74, 6) is -0.0224. The Kier molecular flexibility index (Phi) is 7.98. The van der Waals surface area contributed by atoms with E-state index in [4.69, 9.17) is 10.1 Å². The lowest BCUT2D eigenvalue weighted by atomic mass is 9.71. The molecule has 0 heterocycles. The Bertz CT molecular complexity index is 809. The van der Waals surface area contributed by atoms with Gasteiger partial charge in [-0.05, 0) is 61.8 Å². The van der Waals surface area contributed by atoms with Gasteiger partial charge < -0.3 is 10.1 Å². The lowest BCUT2D eigenvalue weighted by Crippen LogP contribution is -2.22. The van der Waals surface area contributed by atoms with Crippen molar-refractivity contribution >= 4 is 12.2 Å². The molecule has 0 aliphatic heterocycles. The van der Waals surface area contributed by atoms with E-state index in [-0.39, 0.29) is 11.9 Å². The lowest BCUT2D eigenvalue weighted by Gasteiger charge is -2.33. The highest BCUT2D eigenvalue weighted by molar-refractivity contribution is 5.97. The highest BCUT2D eigenvalue weighted by Gasteiger charge is 2.33. The van der Waals surface area contributed by atoms with E-state index in [1.807, 2.05) is 26.8 Å². The molecule has 0 radical (unpaired) electrons. The second-order valence-electron chi connectivity index (χ2n) is 7.18. The maximum Gasteiger partial charge on any atom is 0.338 e. The summed E-state index contributed by atoms with van der Waals surface area (Å²) in [6.07, 6.45) is 6.83. The zero-order chi connectivity index (χ0) is 20.7. The predicted octanol–water partition coefficient (Wildman–Crippen LogP) is 6.44. The number of carbonyl (C=O) groups excluding carboxylic acids is 1. The van der Waals surface area contributed by atoms with Crippen LogP contribution in [0.4, 0.5) is 0 Å². The summed E-state index contributed by atoms with van der Waals surface area (Å²) in [6.45, 7) is 10.6. The van der Waals surface area contributed by atoms with Gasteiger partial charge in [-0.25, -0.2) is 4.79 Å². The number of benzene rings is 1. The van der Waals surface area contributed by atoms with Gasteiger partial charge in [0.1, 0.15) is 0 Å². The topological polar surface area (TPSA) is 50.2 Å². The van der Waals surface area contributed by atoms with Crippen molar-refractivity contribution in [2.75, 3.05) is 6.61 Å². The minimum atomic E-state index is -0.217. The first-order valence-corrected chi connectivity index (χ1v) is 10.4. The molecule has 0 bridgehead atoms. The number of rotatable bonds is 5. The summed E-state index contributed by atoms with van der Waals surface area (Å²) in [4.78, 5) is 12.6. The highest BCUT2D eigenvalue weighted by Crippen LogP contribution is 2.46. The average Bonchev–Trinajstić information content (AvgIpc) is 2.73. The van der Waals surface area contributed by atoms with Gasteiger partial charge in [0.2, 0.25) is 0 Å². The average molecular weight is 380 g/mol. The van der Waals surface area contributed by atoms with Crippen LogP contribution >= 0.6 is 0 Å². The van der Waals surface area contributed by atoms with Crippen LogP contribution in [-0.4, -0.2) is 18.8 Å². The fourth-order valence-electron chi connectivity index (χ4n) is 3.91. The summed E-state index contributed by atoms with van der Waals surface area (Å²) >= 11 is 0. The Balaban J connectivity index is 0.00000136. The minimum absolute atomic E-state index is 0.195. The second-order valence-corrected chi connectivity index (χ2v) is 7.18. The lowest BCUT2D eigenvalue weighted by molar-refractivity contribution is -0.138. The van der Waals surface area contributed by atoms with Crippen molar-refractivity contribution in [1.29, 1.82) is 5.41 Å². The second kappa shape index (κ2) is 10.2. The molecule has 3 nitrogen and oxygen atoms in total. The molecule has 0 fully saturated rings. The third-order valence-corrected chi connectivity index (χ3v) is 5.34. The molecule has 150 valence electrons. The summed E-state index contributed by atoms with van der Waals surface area (Å²) in [7, 11) is 0. The van der Waals surface area contributed by atoms with Crippen molar-refractivity contribution in [2.24, 2.45) is 0 Å². The minimum Gasteiger partial charge on any atom is -0.462 e. The summed E-state index contributed by atoms with van der Waals surface area (Å²) < 4.78 is 5.42. The number of nitrogens with one attached hydrogen (secondary N) is 1. The summed E-state index contributed by atoms with van der Waals surface area (Å²) in [6, 6.07) is 8.61. The normalized spacial score (nSPS) is 18.6. The number of hydrogen-bond donors (Lipinski definition) is 1. The van der Waals surface area contributed by atoms with E-state index in [1.54, 1.807) is 0 Å². The summed E-state index contributed by atoms with van der Waals surface area (Å²) in [5, 5.41) is 7.97. The Morgan fingerprint density at radius 2 is 1.86 bits per heavy atom. The van der Waals surface area contributed by atoms with Crippen molar-refractivity contribution in [3.05, 3.63) is 69.3 Å². The fourth-order valence-corrected chi connectivity index (χ4v) is 3.91. The Labute approximate surface area is 169 Å². The number of allylic oxidation sites excluding steroid dienone is 4. The van der Waals surface area contributed by atoms with E-state index in [1.165, 1.54) is 22.9 Å².